The molecule has 0 spiro atoms. The lowest BCUT2D eigenvalue weighted by molar-refractivity contribution is 0.0595. The third-order valence-electron chi connectivity index (χ3n) is 4.77. The molecule has 1 amide bonds. The van der Waals surface area contributed by atoms with Crippen molar-refractivity contribution in [1.29, 1.82) is 0 Å². The topological polar surface area (TPSA) is 99.5 Å². The molecule has 4 aromatic rings. The van der Waals surface area contributed by atoms with Gasteiger partial charge in [-0.1, -0.05) is 30.3 Å². The van der Waals surface area contributed by atoms with Crippen LogP contribution in [0.1, 0.15) is 20.2 Å². The average Bonchev–Trinajstić information content (AvgIpc) is 3.38. The number of carbonyl (C=O) groups is 1. The summed E-state index contributed by atoms with van der Waals surface area (Å²) in [4.78, 5) is 34.4. The van der Waals surface area contributed by atoms with E-state index >= 15 is 0 Å². The number of nitrogens with one attached hydrogen (secondary N) is 1. The maximum atomic E-state index is 14.2. The summed E-state index contributed by atoms with van der Waals surface area (Å²) in [5.41, 5.74) is -2.19. The number of halogens is 3. The van der Waals surface area contributed by atoms with Crippen molar-refractivity contribution in [3.05, 3.63) is 73.8 Å². The van der Waals surface area contributed by atoms with E-state index in [-0.39, 0.29) is 15.4 Å². The van der Waals surface area contributed by atoms with E-state index in [4.69, 9.17) is 9.79 Å². The second kappa shape index (κ2) is 9.32. The molecule has 0 unspecified atom stereocenters. The van der Waals surface area contributed by atoms with E-state index in [1.165, 1.54) is 29.5 Å². The van der Waals surface area contributed by atoms with Crippen molar-refractivity contribution in [2.45, 2.75) is 12.1 Å². The zero-order valence-corrected chi connectivity index (χ0v) is 20.8. The molecule has 3 N–H and O–H groups in total. The molecule has 33 heavy (non-hydrogen) atoms. The Morgan fingerprint density at radius 3 is 2.61 bits per heavy atom. The minimum absolute atomic E-state index is 0.137. The number of thiophene rings is 1. The van der Waals surface area contributed by atoms with Gasteiger partial charge in [0.25, 0.3) is 5.91 Å². The quantitative estimate of drug-likeness (QED) is 0.236. The zero-order valence-electron chi connectivity index (χ0n) is 16.7. The Hall–Kier alpha value is -2.01. The Morgan fingerprint density at radius 1 is 1.18 bits per heavy atom. The molecule has 4 rings (SSSR count). The van der Waals surface area contributed by atoms with Crippen molar-refractivity contribution in [2.75, 3.05) is 6.54 Å². The van der Waals surface area contributed by atoms with Crippen molar-refractivity contribution in [3.8, 4) is 11.3 Å². The standard InChI is InChI=1S/C21H16BrF2N2O4PS2/c22-18-14-10-13(6-7-16(14)33-19(18)21(23,24)31(28,29)30)20(27)25-9-8-17-26-15(11-32-17)12-4-2-1-3-5-12/h1-7,10-11H,8-9H2,(H,25,27)(H2,28,29,30). The van der Waals surface area contributed by atoms with Gasteiger partial charge in [0.2, 0.25) is 0 Å². The summed E-state index contributed by atoms with van der Waals surface area (Å²) in [6.45, 7) is 0.338. The SMILES string of the molecule is O=C(NCCc1nc(-c2ccccc2)cs1)c1ccc2sc(C(F)(F)P(=O)(O)O)c(Br)c2c1. The van der Waals surface area contributed by atoms with Gasteiger partial charge in [0.05, 0.1) is 10.7 Å². The van der Waals surface area contributed by atoms with Gasteiger partial charge in [-0.05, 0) is 34.1 Å². The highest BCUT2D eigenvalue weighted by atomic mass is 79.9. The van der Waals surface area contributed by atoms with Crippen molar-refractivity contribution in [1.82, 2.24) is 10.3 Å². The molecule has 12 heteroatoms. The molecule has 172 valence electrons. The third kappa shape index (κ3) is 4.94. The lowest BCUT2D eigenvalue weighted by Crippen LogP contribution is -2.25. The molecular formula is C21H16BrF2N2O4PS2. The van der Waals surface area contributed by atoms with Gasteiger partial charge in [-0.3, -0.25) is 9.36 Å². The predicted molar refractivity (Wildman–Crippen MR) is 129 cm³/mol. The van der Waals surface area contributed by atoms with E-state index in [0.717, 1.165) is 16.3 Å². The smallest absolute Gasteiger partial charge is 0.352 e. The molecule has 0 radical (unpaired) electrons. The molecular weight excluding hydrogens is 557 g/mol. The van der Waals surface area contributed by atoms with Crippen molar-refractivity contribution >= 4 is 62.2 Å². The maximum Gasteiger partial charge on any atom is 0.400 e. The first-order valence-electron chi connectivity index (χ1n) is 9.52. The summed E-state index contributed by atoms with van der Waals surface area (Å²) in [6.07, 6.45) is 0.534. The monoisotopic (exact) mass is 572 g/mol. The van der Waals surface area contributed by atoms with Crippen LogP contribution in [-0.2, 0) is 16.6 Å². The first-order chi connectivity index (χ1) is 15.6. The number of nitrogens with zero attached hydrogens (tertiary/aromatic N) is 1. The molecule has 0 saturated heterocycles. The van der Waals surface area contributed by atoms with Crippen LogP contribution in [0.4, 0.5) is 8.78 Å². The predicted octanol–water partition coefficient (Wildman–Crippen LogP) is 5.99. The number of amides is 1. The lowest BCUT2D eigenvalue weighted by Gasteiger charge is -2.16. The van der Waals surface area contributed by atoms with E-state index in [1.807, 2.05) is 35.7 Å². The molecule has 0 bridgehead atoms. The van der Waals surface area contributed by atoms with Crippen LogP contribution < -0.4 is 5.32 Å². The van der Waals surface area contributed by atoms with Crippen molar-refractivity contribution in [2.24, 2.45) is 0 Å². The number of thiazole rings is 1. The molecule has 0 aliphatic carbocycles. The van der Waals surface area contributed by atoms with E-state index in [9.17, 15) is 18.1 Å². The van der Waals surface area contributed by atoms with Crippen LogP contribution in [0, 0.1) is 0 Å². The number of aromatic nitrogens is 1. The Bertz CT molecular complexity index is 1370. The maximum absolute atomic E-state index is 14.2. The minimum atomic E-state index is -5.70. The van der Waals surface area contributed by atoms with Gasteiger partial charge in [0, 0.05) is 44.0 Å². The van der Waals surface area contributed by atoms with E-state index < -0.39 is 24.0 Å². The van der Waals surface area contributed by atoms with Gasteiger partial charge in [-0.2, -0.15) is 8.78 Å². The lowest BCUT2D eigenvalue weighted by atomic mass is 10.1. The molecule has 0 atom stereocenters. The van der Waals surface area contributed by atoms with Gasteiger partial charge in [-0.15, -0.1) is 22.7 Å². The number of benzene rings is 2. The summed E-state index contributed by atoms with van der Waals surface area (Å²) < 4.78 is 39.9. The second-order valence-corrected chi connectivity index (χ2v) is 11.5. The average molecular weight is 573 g/mol. The van der Waals surface area contributed by atoms with Crippen LogP contribution in [-0.4, -0.2) is 27.2 Å². The van der Waals surface area contributed by atoms with E-state index in [2.05, 4.69) is 26.2 Å². The van der Waals surface area contributed by atoms with Crippen LogP contribution in [0.5, 0.6) is 0 Å². The van der Waals surface area contributed by atoms with E-state index in [0.29, 0.717) is 29.0 Å². The minimum Gasteiger partial charge on any atom is -0.352 e. The Morgan fingerprint density at radius 2 is 1.91 bits per heavy atom. The first-order valence-corrected chi connectivity index (χ1v) is 13.6. The highest BCUT2D eigenvalue weighted by molar-refractivity contribution is 9.10. The van der Waals surface area contributed by atoms with Gasteiger partial charge in [-0.25, -0.2) is 4.98 Å². The summed E-state index contributed by atoms with van der Waals surface area (Å²) in [5.74, 6) is -0.391. The highest BCUT2D eigenvalue weighted by Gasteiger charge is 2.53. The number of hydrogen-bond acceptors (Lipinski definition) is 5. The molecule has 0 aliphatic heterocycles. The van der Waals surface area contributed by atoms with Gasteiger partial charge in [0.15, 0.2) is 0 Å². The van der Waals surface area contributed by atoms with E-state index in [1.54, 1.807) is 0 Å². The van der Waals surface area contributed by atoms with Crippen LogP contribution in [0.3, 0.4) is 0 Å². The highest BCUT2D eigenvalue weighted by Crippen LogP contribution is 2.62. The molecule has 2 aromatic carbocycles. The number of alkyl halides is 2. The van der Waals surface area contributed by atoms with Crippen molar-refractivity contribution < 1.29 is 27.9 Å². The molecule has 2 aromatic heterocycles. The van der Waals surface area contributed by atoms with Gasteiger partial charge in [0.1, 0.15) is 4.88 Å². The summed E-state index contributed by atoms with van der Waals surface area (Å²) in [5, 5.41) is 5.89. The Balaban J connectivity index is 1.45. The largest absolute Gasteiger partial charge is 0.400 e. The molecule has 0 saturated carbocycles. The normalized spacial score (nSPS) is 12.3. The molecule has 2 heterocycles. The Kier molecular flexibility index (Phi) is 6.82. The van der Waals surface area contributed by atoms with Crippen LogP contribution in [0.25, 0.3) is 21.3 Å². The number of carbonyl (C=O) groups excluding carboxylic acids is 1. The fourth-order valence-corrected chi connectivity index (χ4v) is 6.82. The number of fused-ring (bicyclic) bond motifs is 1. The van der Waals surface area contributed by atoms with Crippen molar-refractivity contribution in [3.63, 3.8) is 0 Å². The number of rotatable bonds is 7. The van der Waals surface area contributed by atoms with Gasteiger partial charge >= 0.3 is 13.3 Å². The summed E-state index contributed by atoms with van der Waals surface area (Å²) in [7, 11) is -5.70. The number of hydrogen-bond donors (Lipinski definition) is 3. The second-order valence-electron chi connectivity index (χ2n) is 7.04. The fraction of sp³-hybridized carbons (Fsp3) is 0.143. The van der Waals surface area contributed by atoms with Gasteiger partial charge < -0.3 is 15.1 Å². The molecule has 0 aliphatic rings. The Labute approximate surface area is 203 Å². The summed E-state index contributed by atoms with van der Waals surface area (Å²) >= 11 is 5.08. The fourth-order valence-electron chi connectivity index (χ4n) is 3.09. The van der Waals surface area contributed by atoms with Crippen LogP contribution in [0.2, 0.25) is 0 Å². The van der Waals surface area contributed by atoms with Crippen LogP contribution >= 0.6 is 46.2 Å². The first kappa shape index (κ1) is 24.1. The third-order valence-corrected chi connectivity index (χ3v) is 9.12. The zero-order chi connectivity index (χ0) is 23.8. The molecule has 0 fully saturated rings. The molecule has 6 nitrogen and oxygen atoms in total. The van der Waals surface area contributed by atoms with Crippen LogP contribution in [0.15, 0.2) is 58.4 Å². The summed E-state index contributed by atoms with van der Waals surface area (Å²) in [6, 6.07) is 14.1.